The number of hydrogen-bond acceptors (Lipinski definition) is 5. The predicted octanol–water partition coefficient (Wildman–Crippen LogP) is 4.13. The fraction of sp³-hybridized carbons (Fsp3) is 0.682. The van der Waals surface area contributed by atoms with Crippen LogP contribution in [-0.4, -0.2) is 52.8 Å². The third-order valence-electron chi connectivity index (χ3n) is 6.90. The van der Waals surface area contributed by atoms with Gasteiger partial charge in [-0.05, 0) is 56.6 Å². The molecule has 2 aliphatic heterocycles. The third kappa shape index (κ3) is 4.09. The van der Waals surface area contributed by atoms with E-state index in [9.17, 15) is 4.79 Å². The fourth-order valence-electron chi connectivity index (χ4n) is 4.96. The molecule has 0 radical (unpaired) electrons. The number of nitrogens with zero attached hydrogens (tertiary/aromatic N) is 4. The van der Waals surface area contributed by atoms with Gasteiger partial charge in [0.2, 0.25) is 0 Å². The largest absolute Gasteiger partial charge is 0.388 e. The number of halogens is 1. The first-order valence-electron chi connectivity index (χ1n) is 10.8. The summed E-state index contributed by atoms with van der Waals surface area (Å²) >= 11 is 6.30. The Morgan fingerprint density at radius 3 is 2.72 bits per heavy atom. The number of oxime groups is 1. The minimum Gasteiger partial charge on any atom is -0.388 e. The maximum Gasteiger partial charge on any atom is 0.272 e. The van der Waals surface area contributed by atoms with E-state index in [0.717, 1.165) is 37.4 Å². The van der Waals surface area contributed by atoms with Gasteiger partial charge in [-0.15, -0.1) is 0 Å². The minimum atomic E-state index is -0.247. The number of piperazine rings is 1. The van der Waals surface area contributed by atoms with Gasteiger partial charge in [-0.2, -0.15) is 0 Å². The van der Waals surface area contributed by atoms with Crippen molar-refractivity contribution < 1.29 is 9.63 Å². The molecule has 29 heavy (non-hydrogen) atoms. The highest BCUT2D eigenvalue weighted by Crippen LogP contribution is 2.43. The molecule has 1 saturated heterocycles. The highest BCUT2D eigenvalue weighted by Gasteiger charge is 2.45. The van der Waals surface area contributed by atoms with Crippen molar-refractivity contribution in [1.29, 1.82) is 0 Å². The summed E-state index contributed by atoms with van der Waals surface area (Å²) in [5, 5.41) is 4.91. The first kappa shape index (κ1) is 20.5. The van der Waals surface area contributed by atoms with E-state index in [1.54, 1.807) is 6.20 Å². The molecule has 1 unspecified atom stereocenters. The van der Waals surface area contributed by atoms with Gasteiger partial charge in [-0.25, -0.2) is 4.98 Å². The van der Waals surface area contributed by atoms with Crippen LogP contribution in [0.3, 0.4) is 0 Å². The van der Waals surface area contributed by atoms with E-state index in [0.29, 0.717) is 42.7 Å². The van der Waals surface area contributed by atoms with Crippen molar-refractivity contribution in [3.05, 3.63) is 23.4 Å². The quantitative estimate of drug-likeness (QED) is 0.740. The van der Waals surface area contributed by atoms with Gasteiger partial charge >= 0.3 is 0 Å². The number of pyridine rings is 1. The first-order chi connectivity index (χ1) is 13.9. The summed E-state index contributed by atoms with van der Waals surface area (Å²) in [6.07, 6.45) is 6.72. The molecule has 1 aliphatic carbocycles. The lowest BCUT2D eigenvalue weighted by molar-refractivity contribution is -0.126. The molecule has 1 saturated carbocycles. The van der Waals surface area contributed by atoms with Crippen LogP contribution in [-0.2, 0) is 9.63 Å². The second-order valence-electron chi connectivity index (χ2n) is 9.17. The SMILES string of the molecule is CC1CN(c2ncccc2Cl)CCN1C(=O)C1=NO[C@]2(CC[C@H](C(C)C)CC2)C1. The maximum atomic E-state index is 13.2. The maximum absolute atomic E-state index is 13.2. The van der Waals surface area contributed by atoms with E-state index in [1.807, 2.05) is 17.0 Å². The zero-order valence-corrected chi connectivity index (χ0v) is 18.4. The van der Waals surface area contributed by atoms with Crippen LogP contribution in [0, 0.1) is 11.8 Å². The normalized spacial score (nSPS) is 29.9. The molecular weight excluding hydrogens is 388 g/mol. The zero-order valence-electron chi connectivity index (χ0n) is 17.6. The van der Waals surface area contributed by atoms with Crippen molar-refractivity contribution in [2.75, 3.05) is 24.5 Å². The summed E-state index contributed by atoms with van der Waals surface area (Å²) in [4.78, 5) is 27.5. The summed E-state index contributed by atoms with van der Waals surface area (Å²) in [5.74, 6) is 2.28. The van der Waals surface area contributed by atoms with Crippen molar-refractivity contribution in [2.45, 2.75) is 64.5 Å². The average Bonchev–Trinajstić information content (AvgIpc) is 3.11. The third-order valence-corrected chi connectivity index (χ3v) is 7.19. The Bertz CT molecular complexity index is 789. The summed E-state index contributed by atoms with van der Waals surface area (Å²) in [5.41, 5.74) is 0.340. The molecule has 3 heterocycles. The first-order valence-corrected chi connectivity index (χ1v) is 11.2. The minimum absolute atomic E-state index is 0.0205. The van der Waals surface area contributed by atoms with Crippen LogP contribution in [0.5, 0.6) is 0 Å². The van der Waals surface area contributed by atoms with Gasteiger partial charge in [-0.1, -0.05) is 30.6 Å². The molecule has 2 fully saturated rings. The van der Waals surface area contributed by atoms with Gasteiger partial charge in [-0.3, -0.25) is 4.79 Å². The molecule has 1 spiro atoms. The van der Waals surface area contributed by atoms with Crippen LogP contribution in [0.25, 0.3) is 0 Å². The summed E-state index contributed by atoms with van der Waals surface area (Å²) < 4.78 is 0. The van der Waals surface area contributed by atoms with Crippen LogP contribution in [0.1, 0.15) is 52.9 Å². The summed E-state index contributed by atoms with van der Waals surface area (Å²) in [6, 6.07) is 3.74. The number of rotatable bonds is 3. The van der Waals surface area contributed by atoms with E-state index in [4.69, 9.17) is 16.4 Å². The molecule has 0 bridgehead atoms. The Labute approximate surface area is 178 Å². The molecule has 158 valence electrons. The molecular formula is C22H31ClN4O2. The Balaban J connectivity index is 1.36. The Kier molecular flexibility index (Phi) is 5.74. The molecule has 3 aliphatic rings. The Morgan fingerprint density at radius 2 is 2.07 bits per heavy atom. The van der Waals surface area contributed by atoms with E-state index < -0.39 is 0 Å². The molecule has 1 aromatic rings. The van der Waals surface area contributed by atoms with Gasteiger partial charge in [0.05, 0.1) is 5.02 Å². The van der Waals surface area contributed by atoms with Crippen LogP contribution < -0.4 is 4.90 Å². The van der Waals surface area contributed by atoms with Crippen molar-refractivity contribution in [3.63, 3.8) is 0 Å². The monoisotopic (exact) mass is 418 g/mol. The van der Waals surface area contributed by atoms with Crippen molar-refractivity contribution >= 4 is 29.0 Å². The fourth-order valence-corrected chi connectivity index (χ4v) is 5.21. The van der Waals surface area contributed by atoms with E-state index in [2.05, 4.69) is 35.8 Å². The smallest absolute Gasteiger partial charge is 0.272 e. The molecule has 1 atom stereocenters. The lowest BCUT2D eigenvalue weighted by atomic mass is 9.73. The molecule has 0 N–H and O–H groups in total. The highest BCUT2D eigenvalue weighted by atomic mass is 35.5. The number of amides is 1. The lowest BCUT2D eigenvalue weighted by Gasteiger charge is -2.40. The number of hydrogen-bond donors (Lipinski definition) is 0. The molecule has 1 amide bonds. The predicted molar refractivity (Wildman–Crippen MR) is 115 cm³/mol. The van der Waals surface area contributed by atoms with Gasteiger partial charge in [0, 0.05) is 38.3 Å². The molecule has 7 heteroatoms. The van der Waals surface area contributed by atoms with Crippen LogP contribution >= 0.6 is 11.6 Å². The Hall–Kier alpha value is -1.82. The Morgan fingerprint density at radius 1 is 1.31 bits per heavy atom. The number of carbonyl (C=O) groups is 1. The molecule has 4 rings (SSSR count). The standard InChI is InChI=1S/C22H31ClN4O2/c1-15(2)17-6-8-22(9-7-17)13-19(25-29-22)21(28)27-12-11-26(14-16(27)3)20-18(23)5-4-10-24-20/h4-5,10,15-17H,6-9,11-14H2,1-3H3/t16?,17-,22-. The summed E-state index contributed by atoms with van der Waals surface area (Å²) in [6.45, 7) is 8.71. The second-order valence-corrected chi connectivity index (χ2v) is 9.58. The van der Waals surface area contributed by atoms with Crippen molar-refractivity contribution in [2.24, 2.45) is 17.0 Å². The van der Waals surface area contributed by atoms with Crippen LogP contribution in [0.4, 0.5) is 5.82 Å². The average molecular weight is 419 g/mol. The van der Waals surface area contributed by atoms with Crippen molar-refractivity contribution in [1.82, 2.24) is 9.88 Å². The molecule has 1 aromatic heterocycles. The van der Waals surface area contributed by atoms with E-state index in [-0.39, 0.29) is 17.6 Å². The topological polar surface area (TPSA) is 58.0 Å². The van der Waals surface area contributed by atoms with E-state index >= 15 is 0 Å². The molecule has 6 nitrogen and oxygen atoms in total. The number of aromatic nitrogens is 1. The van der Waals surface area contributed by atoms with Crippen LogP contribution in [0.15, 0.2) is 23.5 Å². The zero-order chi connectivity index (χ0) is 20.6. The second kappa shape index (κ2) is 8.13. The number of anilines is 1. The van der Waals surface area contributed by atoms with E-state index in [1.165, 1.54) is 0 Å². The van der Waals surface area contributed by atoms with Crippen molar-refractivity contribution in [3.8, 4) is 0 Å². The molecule has 0 aromatic carbocycles. The van der Waals surface area contributed by atoms with Gasteiger partial charge in [0.1, 0.15) is 17.1 Å². The lowest BCUT2D eigenvalue weighted by Crippen LogP contribution is -2.56. The summed E-state index contributed by atoms with van der Waals surface area (Å²) in [7, 11) is 0. The van der Waals surface area contributed by atoms with Gasteiger partial charge in [0.15, 0.2) is 0 Å². The van der Waals surface area contributed by atoms with Crippen LogP contribution in [0.2, 0.25) is 5.02 Å². The number of carbonyl (C=O) groups excluding carboxylic acids is 1. The van der Waals surface area contributed by atoms with Gasteiger partial charge < -0.3 is 14.6 Å². The van der Waals surface area contributed by atoms with Gasteiger partial charge in [0.25, 0.3) is 5.91 Å². The highest BCUT2D eigenvalue weighted by molar-refractivity contribution is 6.39.